The van der Waals surface area contributed by atoms with Crippen molar-refractivity contribution in [3.63, 3.8) is 0 Å². The molecule has 0 fully saturated rings. The molecule has 1 aliphatic rings. The second-order valence-corrected chi connectivity index (χ2v) is 7.17. The molecular formula is C16H20N2OS. The third-order valence-corrected chi connectivity index (χ3v) is 4.84. The van der Waals surface area contributed by atoms with Crippen molar-refractivity contribution in [2.45, 2.75) is 44.8 Å². The SMILES string of the molecule is CC(C)(C)c1nc(C2C[C@H](N)c3ccccc3O2)cs1. The van der Waals surface area contributed by atoms with E-state index in [1.807, 2.05) is 24.3 Å². The Kier molecular flexibility index (Phi) is 3.30. The molecule has 1 aliphatic heterocycles. The minimum absolute atomic E-state index is 0.0183. The van der Waals surface area contributed by atoms with Crippen molar-refractivity contribution in [3.05, 3.63) is 45.9 Å². The van der Waals surface area contributed by atoms with E-state index in [4.69, 9.17) is 15.5 Å². The monoisotopic (exact) mass is 288 g/mol. The van der Waals surface area contributed by atoms with Gasteiger partial charge in [-0.3, -0.25) is 0 Å². The van der Waals surface area contributed by atoms with Crippen LogP contribution in [0.2, 0.25) is 0 Å². The maximum atomic E-state index is 6.26. The fraction of sp³-hybridized carbons (Fsp3) is 0.438. The summed E-state index contributed by atoms with van der Waals surface area (Å²) in [6, 6.07) is 8.03. The summed E-state index contributed by atoms with van der Waals surface area (Å²) in [7, 11) is 0. The van der Waals surface area contributed by atoms with Crippen molar-refractivity contribution in [3.8, 4) is 5.75 Å². The number of para-hydroxylation sites is 1. The third kappa shape index (κ3) is 2.45. The van der Waals surface area contributed by atoms with Gasteiger partial charge in [-0.25, -0.2) is 4.98 Å². The number of thiazole rings is 1. The van der Waals surface area contributed by atoms with Gasteiger partial charge in [-0.05, 0) is 6.07 Å². The van der Waals surface area contributed by atoms with Crippen molar-refractivity contribution in [2.24, 2.45) is 5.73 Å². The van der Waals surface area contributed by atoms with Gasteiger partial charge in [0.2, 0.25) is 0 Å². The van der Waals surface area contributed by atoms with Crippen molar-refractivity contribution in [2.75, 3.05) is 0 Å². The summed E-state index contributed by atoms with van der Waals surface area (Å²) in [6.07, 6.45) is 0.747. The van der Waals surface area contributed by atoms with Crippen LogP contribution in [0.25, 0.3) is 0 Å². The van der Waals surface area contributed by atoms with Gasteiger partial charge in [-0.2, -0.15) is 0 Å². The summed E-state index contributed by atoms with van der Waals surface area (Å²) in [5.41, 5.74) is 8.44. The Hall–Kier alpha value is -1.39. The number of aromatic nitrogens is 1. The van der Waals surface area contributed by atoms with Crippen LogP contribution in [0, 0.1) is 0 Å². The number of rotatable bonds is 1. The highest BCUT2D eigenvalue weighted by Gasteiger charge is 2.29. The van der Waals surface area contributed by atoms with Crippen LogP contribution < -0.4 is 10.5 Å². The molecular weight excluding hydrogens is 268 g/mol. The molecule has 0 amide bonds. The fourth-order valence-corrected chi connectivity index (χ4v) is 3.36. The molecule has 2 heterocycles. The minimum Gasteiger partial charge on any atom is -0.484 e. The van der Waals surface area contributed by atoms with E-state index in [2.05, 4.69) is 26.2 Å². The zero-order valence-corrected chi connectivity index (χ0v) is 12.9. The van der Waals surface area contributed by atoms with E-state index >= 15 is 0 Å². The first-order valence-corrected chi connectivity index (χ1v) is 7.80. The van der Waals surface area contributed by atoms with Gasteiger partial charge < -0.3 is 10.5 Å². The maximum absolute atomic E-state index is 6.26. The lowest BCUT2D eigenvalue weighted by atomic mass is 9.95. The number of fused-ring (bicyclic) bond motifs is 1. The Morgan fingerprint density at radius 3 is 2.75 bits per heavy atom. The van der Waals surface area contributed by atoms with Crippen LogP contribution in [-0.2, 0) is 5.41 Å². The molecule has 3 nitrogen and oxygen atoms in total. The Bertz CT molecular complexity index is 615. The molecule has 0 bridgehead atoms. The Labute approximate surface area is 123 Å². The first-order chi connectivity index (χ1) is 9.45. The van der Waals surface area contributed by atoms with E-state index in [9.17, 15) is 0 Å². The van der Waals surface area contributed by atoms with Crippen LogP contribution in [0.3, 0.4) is 0 Å². The summed E-state index contributed by atoms with van der Waals surface area (Å²) in [6.45, 7) is 6.54. The highest BCUT2D eigenvalue weighted by atomic mass is 32.1. The molecule has 0 radical (unpaired) electrons. The highest BCUT2D eigenvalue weighted by Crippen LogP contribution is 2.40. The van der Waals surface area contributed by atoms with Crippen molar-refractivity contribution >= 4 is 11.3 Å². The van der Waals surface area contributed by atoms with Gasteiger partial charge in [0.15, 0.2) is 0 Å². The lowest BCUT2D eigenvalue weighted by Crippen LogP contribution is -2.24. The van der Waals surface area contributed by atoms with Gasteiger partial charge in [0, 0.05) is 28.8 Å². The van der Waals surface area contributed by atoms with Gasteiger partial charge in [-0.15, -0.1) is 11.3 Å². The number of nitrogens with two attached hydrogens (primary N) is 1. The molecule has 3 rings (SSSR count). The van der Waals surface area contributed by atoms with E-state index in [1.165, 1.54) is 0 Å². The van der Waals surface area contributed by atoms with Crippen LogP contribution in [0.5, 0.6) is 5.75 Å². The fourth-order valence-electron chi connectivity index (χ4n) is 2.41. The van der Waals surface area contributed by atoms with Crippen LogP contribution in [0.1, 0.15) is 55.6 Å². The predicted octanol–water partition coefficient (Wildman–Crippen LogP) is 3.96. The molecule has 0 spiro atoms. The smallest absolute Gasteiger partial charge is 0.143 e. The average molecular weight is 288 g/mol. The molecule has 1 aromatic carbocycles. The van der Waals surface area contributed by atoms with Crippen LogP contribution in [0.15, 0.2) is 29.6 Å². The Morgan fingerprint density at radius 2 is 2.05 bits per heavy atom. The topological polar surface area (TPSA) is 48.1 Å². The molecule has 2 aromatic rings. The Morgan fingerprint density at radius 1 is 1.30 bits per heavy atom. The summed E-state index contributed by atoms with van der Waals surface area (Å²) >= 11 is 1.70. The van der Waals surface area contributed by atoms with Gasteiger partial charge in [0.05, 0.1) is 10.7 Å². The number of benzene rings is 1. The van der Waals surface area contributed by atoms with E-state index < -0.39 is 0 Å². The molecule has 0 saturated heterocycles. The van der Waals surface area contributed by atoms with Crippen molar-refractivity contribution in [1.82, 2.24) is 4.98 Å². The first-order valence-electron chi connectivity index (χ1n) is 6.92. The summed E-state index contributed by atoms with van der Waals surface area (Å²) < 4.78 is 6.08. The molecule has 2 atom stereocenters. The summed E-state index contributed by atoms with van der Waals surface area (Å²) in [5, 5.41) is 3.25. The largest absolute Gasteiger partial charge is 0.484 e. The van der Waals surface area contributed by atoms with E-state index in [1.54, 1.807) is 11.3 Å². The minimum atomic E-state index is -0.0350. The molecule has 2 N–H and O–H groups in total. The molecule has 106 valence electrons. The molecule has 20 heavy (non-hydrogen) atoms. The molecule has 1 unspecified atom stereocenters. The molecule has 1 aromatic heterocycles. The standard InChI is InChI=1S/C16H20N2OS/c1-16(2,3)15-18-12(9-20-15)14-8-11(17)10-6-4-5-7-13(10)19-14/h4-7,9,11,14H,8,17H2,1-3H3/t11-,14?/m0/s1. The lowest BCUT2D eigenvalue weighted by molar-refractivity contribution is 0.157. The summed E-state index contributed by atoms with van der Waals surface area (Å²) in [4.78, 5) is 4.75. The molecule has 0 saturated carbocycles. The van der Waals surface area contributed by atoms with Crippen LogP contribution >= 0.6 is 11.3 Å². The second kappa shape index (κ2) is 4.86. The zero-order valence-electron chi connectivity index (χ0n) is 12.1. The number of ether oxygens (including phenoxy) is 1. The summed E-state index contributed by atoms with van der Waals surface area (Å²) in [5.74, 6) is 0.890. The predicted molar refractivity (Wildman–Crippen MR) is 82.2 cm³/mol. The van der Waals surface area contributed by atoms with Gasteiger partial charge in [0.1, 0.15) is 11.9 Å². The van der Waals surface area contributed by atoms with Gasteiger partial charge in [0.25, 0.3) is 0 Å². The quantitative estimate of drug-likeness (QED) is 0.864. The highest BCUT2D eigenvalue weighted by molar-refractivity contribution is 7.09. The van der Waals surface area contributed by atoms with E-state index in [-0.39, 0.29) is 17.6 Å². The van der Waals surface area contributed by atoms with E-state index in [0.717, 1.165) is 28.4 Å². The van der Waals surface area contributed by atoms with Crippen molar-refractivity contribution < 1.29 is 4.74 Å². The number of nitrogens with zero attached hydrogens (tertiary/aromatic N) is 1. The first kappa shape index (κ1) is 13.6. The average Bonchev–Trinajstić information content (AvgIpc) is 2.88. The Balaban J connectivity index is 1.88. The maximum Gasteiger partial charge on any atom is 0.143 e. The van der Waals surface area contributed by atoms with Crippen LogP contribution in [-0.4, -0.2) is 4.98 Å². The van der Waals surface area contributed by atoms with Crippen LogP contribution in [0.4, 0.5) is 0 Å². The number of hydrogen-bond donors (Lipinski definition) is 1. The van der Waals surface area contributed by atoms with E-state index in [0.29, 0.717) is 0 Å². The normalized spacial score (nSPS) is 22.2. The second-order valence-electron chi connectivity index (χ2n) is 6.31. The van der Waals surface area contributed by atoms with Crippen molar-refractivity contribution in [1.29, 1.82) is 0 Å². The molecule has 4 heteroatoms. The van der Waals surface area contributed by atoms with Gasteiger partial charge >= 0.3 is 0 Å². The lowest BCUT2D eigenvalue weighted by Gasteiger charge is -2.29. The molecule has 0 aliphatic carbocycles. The third-order valence-electron chi connectivity index (χ3n) is 3.55. The number of hydrogen-bond acceptors (Lipinski definition) is 4. The van der Waals surface area contributed by atoms with Gasteiger partial charge in [-0.1, -0.05) is 39.0 Å². The zero-order chi connectivity index (χ0) is 14.3.